The van der Waals surface area contributed by atoms with Crippen molar-refractivity contribution in [3.8, 4) is 0 Å². The molecule has 2 N–H and O–H groups in total. The lowest BCUT2D eigenvalue weighted by molar-refractivity contribution is 0.381. The molecule has 0 rings (SSSR count). The monoisotopic (exact) mass is 162 g/mol. The van der Waals surface area contributed by atoms with Crippen molar-refractivity contribution < 1.29 is 17.5 Å². The number of rotatable bonds is 0. The molecule has 0 amide bonds. The first-order valence-electron chi connectivity index (χ1n) is 0.698. The summed E-state index contributed by atoms with van der Waals surface area (Å²) in [4.78, 5) is 0. The van der Waals surface area contributed by atoms with Gasteiger partial charge in [-0.2, -0.15) is 21.9 Å². The van der Waals surface area contributed by atoms with Gasteiger partial charge in [0, 0.05) is 0 Å². The predicted octanol–water partition coefficient (Wildman–Crippen LogP) is -1.72. The van der Waals surface area contributed by atoms with Crippen LogP contribution >= 0.6 is 13.5 Å². The van der Waals surface area contributed by atoms with Crippen molar-refractivity contribution in [2.45, 2.75) is 0 Å². The summed E-state index contributed by atoms with van der Waals surface area (Å²) in [5.74, 6) is 0. The SMILES string of the molecule is O=S(=O)(O)O.S.[AlH3]. The van der Waals surface area contributed by atoms with Crippen LogP contribution in [0.2, 0.25) is 0 Å². The summed E-state index contributed by atoms with van der Waals surface area (Å²) in [7, 11) is -4.67. The highest BCUT2D eigenvalue weighted by Gasteiger charge is 1.84. The summed E-state index contributed by atoms with van der Waals surface area (Å²) in [5, 5.41) is 0. The van der Waals surface area contributed by atoms with Gasteiger partial charge in [0.25, 0.3) is 0 Å². The molecular weight excluding hydrogens is 155 g/mol. The van der Waals surface area contributed by atoms with E-state index < -0.39 is 10.4 Å². The van der Waals surface area contributed by atoms with E-state index in [1.165, 1.54) is 0 Å². The van der Waals surface area contributed by atoms with Gasteiger partial charge in [-0.15, -0.1) is 0 Å². The Labute approximate surface area is 59.1 Å². The van der Waals surface area contributed by atoms with E-state index in [9.17, 15) is 0 Å². The second kappa shape index (κ2) is 4.90. The largest absolute Gasteiger partial charge is 0.394 e. The van der Waals surface area contributed by atoms with E-state index in [4.69, 9.17) is 17.5 Å². The van der Waals surface area contributed by atoms with Crippen LogP contribution in [0.3, 0.4) is 0 Å². The molecule has 0 aliphatic carbocycles. The van der Waals surface area contributed by atoms with Gasteiger partial charge in [-0.25, -0.2) is 0 Å². The fourth-order valence-corrected chi connectivity index (χ4v) is 0. The van der Waals surface area contributed by atoms with Crippen molar-refractivity contribution in [2.75, 3.05) is 0 Å². The molecule has 0 aliphatic rings. The standard InChI is InChI=1S/Al.H2O4S.H2S.3H/c;1-5(2,3)4;;;;/h;(H2,1,2,3,4);1H2;;;. The van der Waals surface area contributed by atoms with Gasteiger partial charge >= 0.3 is 10.4 Å². The fraction of sp³-hybridized carbons (Fsp3) is 0. The molecule has 0 aliphatic heterocycles. The quantitative estimate of drug-likeness (QED) is 0.328. The Morgan fingerprint density at radius 1 is 1.14 bits per heavy atom. The number of hydrogen-bond donors (Lipinski definition) is 2. The minimum absolute atomic E-state index is 0. The van der Waals surface area contributed by atoms with Gasteiger partial charge in [0.15, 0.2) is 17.4 Å². The second-order valence-corrected chi connectivity index (χ2v) is 1.34. The molecule has 0 fully saturated rings. The van der Waals surface area contributed by atoms with Crippen LogP contribution < -0.4 is 0 Å². The van der Waals surface area contributed by atoms with Crippen LogP contribution in [0.25, 0.3) is 0 Å². The first-order chi connectivity index (χ1) is 2.00. The molecule has 4 nitrogen and oxygen atoms in total. The smallest absolute Gasteiger partial charge is 0.264 e. The van der Waals surface area contributed by atoms with Crippen LogP contribution in [0.15, 0.2) is 0 Å². The summed E-state index contributed by atoms with van der Waals surface area (Å²) >= 11 is 0. The topological polar surface area (TPSA) is 74.6 Å². The van der Waals surface area contributed by atoms with Gasteiger partial charge < -0.3 is 0 Å². The van der Waals surface area contributed by atoms with Gasteiger partial charge in [0.1, 0.15) is 0 Å². The molecule has 0 aromatic heterocycles. The highest BCUT2D eigenvalue weighted by Crippen LogP contribution is 1.59. The molecular formula is H7AlO4S2. The Balaban J connectivity index is -0.0000000800. The molecule has 0 spiro atoms. The second-order valence-electron chi connectivity index (χ2n) is 0.448. The van der Waals surface area contributed by atoms with E-state index >= 15 is 0 Å². The normalized spacial score (nSPS) is 8.29. The average molecular weight is 162 g/mol. The summed E-state index contributed by atoms with van der Waals surface area (Å²) in [6.07, 6.45) is 0. The zero-order valence-corrected chi connectivity index (χ0v) is 4.44. The fourth-order valence-electron chi connectivity index (χ4n) is 0. The van der Waals surface area contributed by atoms with Gasteiger partial charge in [-0.3, -0.25) is 9.11 Å². The summed E-state index contributed by atoms with van der Waals surface area (Å²) in [6, 6.07) is 0. The molecule has 7 heteroatoms. The third-order valence-corrected chi connectivity index (χ3v) is 0. The first-order valence-corrected chi connectivity index (χ1v) is 2.10. The molecule has 0 heterocycles. The lowest BCUT2D eigenvalue weighted by atomic mass is 15.8. The zero-order chi connectivity index (χ0) is 4.50. The minimum atomic E-state index is -4.67. The van der Waals surface area contributed by atoms with Gasteiger partial charge in [-0.05, 0) is 0 Å². The maximum atomic E-state index is 8.74. The molecule has 0 saturated carbocycles. The van der Waals surface area contributed by atoms with Crippen molar-refractivity contribution in [1.82, 2.24) is 0 Å². The van der Waals surface area contributed by atoms with E-state index in [0.29, 0.717) is 0 Å². The molecule has 46 valence electrons. The van der Waals surface area contributed by atoms with Crippen LogP contribution in [-0.2, 0) is 10.4 Å². The third-order valence-electron chi connectivity index (χ3n) is 0. The molecule has 0 unspecified atom stereocenters. The highest BCUT2D eigenvalue weighted by molar-refractivity contribution is 7.79. The summed E-state index contributed by atoms with van der Waals surface area (Å²) < 4.78 is 31.6. The van der Waals surface area contributed by atoms with Crippen LogP contribution in [0, 0.1) is 0 Å². The Morgan fingerprint density at radius 2 is 1.14 bits per heavy atom. The number of hydrogen-bond acceptors (Lipinski definition) is 2. The van der Waals surface area contributed by atoms with E-state index in [1.807, 2.05) is 0 Å². The Morgan fingerprint density at radius 3 is 1.14 bits per heavy atom. The molecule has 0 aromatic carbocycles. The Hall–Kier alpha value is 0.752. The van der Waals surface area contributed by atoms with E-state index in [2.05, 4.69) is 0 Å². The molecule has 7 heavy (non-hydrogen) atoms. The van der Waals surface area contributed by atoms with Crippen molar-refractivity contribution in [2.24, 2.45) is 0 Å². The Kier molecular flexibility index (Phi) is 11.0. The first kappa shape index (κ1) is 15.7. The van der Waals surface area contributed by atoms with Crippen LogP contribution in [-0.4, -0.2) is 34.9 Å². The van der Waals surface area contributed by atoms with Crippen LogP contribution in [0.5, 0.6) is 0 Å². The average Bonchev–Trinajstić information content (AvgIpc) is 0.722. The van der Waals surface area contributed by atoms with Crippen LogP contribution in [0.1, 0.15) is 0 Å². The van der Waals surface area contributed by atoms with Gasteiger partial charge in [-0.1, -0.05) is 0 Å². The van der Waals surface area contributed by atoms with Gasteiger partial charge in [0.2, 0.25) is 0 Å². The molecule has 0 bridgehead atoms. The molecule has 0 aromatic rings. The lowest BCUT2D eigenvalue weighted by Gasteiger charge is -1.68. The van der Waals surface area contributed by atoms with E-state index in [-0.39, 0.29) is 30.9 Å². The molecule has 0 saturated heterocycles. The maximum Gasteiger partial charge on any atom is 0.394 e. The van der Waals surface area contributed by atoms with E-state index in [1.54, 1.807) is 0 Å². The van der Waals surface area contributed by atoms with Crippen LogP contribution in [0.4, 0.5) is 0 Å². The zero-order valence-electron chi connectivity index (χ0n) is 2.62. The van der Waals surface area contributed by atoms with Crippen molar-refractivity contribution >= 4 is 41.3 Å². The Bertz CT molecular complexity index is 92.9. The van der Waals surface area contributed by atoms with Crippen molar-refractivity contribution in [1.29, 1.82) is 0 Å². The third kappa shape index (κ3) is 269. The van der Waals surface area contributed by atoms with Crippen molar-refractivity contribution in [3.63, 3.8) is 0 Å². The summed E-state index contributed by atoms with van der Waals surface area (Å²) in [5.41, 5.74) is 0. The summed E-state index contributed by atoms with van der Waals surface area (Å²) in [6.45, 7) is 0. The van der Waals surface area contributed by atoms with E-state index in [0.717, 1.165) is 0 Å². The highest BCUT2D eigenvalue weighted by atomic mass is 32.3. The molecule has 0 atom stereocenters. The van der Waals surface area contributed by atoms with Crippen molar-refractivity contribution in [3.05, 3.63) is 0 Å². The predicted molar refractivity (Wildman–Crippen MR) is 34.5 cm³/mol. The lowest BCUT2D eigenvalue weighted by Crippen LogP contribution is -1.89. The molecule has 0 radical (unpaired) electrons. The maximum absolute atomic E-state index is 8.74. The minimum Gasteiger partial charge on any atom is -0.264 e. The van der Waals surface area contributed by atoms with Gasteiger partial charge in [0.05, 0.1) is 0 Å².